The standard InChI is InChI=1S/C18H27FN4O.C10H13BrO/c1-4-22(5-2)11-7-8-13(3)21-18(20)23-12-15-14(17(23)24)9-6-10-16(15)19;1-5-9(11)7-8(3)10(6-2)12-4/h6,9-10,13H,4-5,7-8,11-12H2,1-3H3,(H2,20,21);5-7H,1-2H2,3-4H3/b;9-7+,10-8+. The van der Waals surface area contributed by atoms with Crippen LogP contribution in [0.4, 0.5) is 4.39 Å². The molecule has 1 amide bonds. The Bertz CT molecular complexity index is 999. The summed E-state index contributed by atoms with van der Waals surface area (Å²) in [6.45, 7) is 18.8. The number of aliphatic imine (C=N–C) groups is 1. The lowest BCUT2D eigenvalue weighted by Gasteiger charge is -2.19. The van der Waals surface area contributed by atoms with Gasteiger partial charge in [0.15, 0.2) is 5.96 Å². The van der Waals surface area contributed by atoms with Crippen molar-refractivity contribution >= 4 is 27.8 Å². The summed E-state index contributed by atoms with van der Waals surface area (Å²) in [5, 5.41) is 0. The summed E-state index contributed by atoms with van der Waals surface area (Å²) in [6, 6.07) is 4.56. The molecule has 0 aliphatic carbocycles. The van der Waals surface area contributed by atoms with Gasteiger partial charge in [0, 0.05) is 15.6 Å². The van der Waals surface area contributed by atoms with E-state index in [4.69, 9.17) is 10.5 Å². The first-order chi connectivity index (χ1) is 17.1. The first kappa shape index (κ1) is 31.3. The van der Waals surface area contributed by atoms with Crippen molar-refractivity contribution in [2.24, 2.45) is 10.7 Å². The SMILES string of the molecule is C=C/C(Br)=C\C(C)=C(/C=C)OC.CCN(CC)CCCC(C)N=C(N)N1Cc2c(F)cccc2C1=O. The van der Waals surface area contributed by atoms with Crippen molar-refractivity contribution in [1.82, 2.24) is 9.80 Å². The molecule has 1 unspecified atom stereocenters. The molecule has 1 aromatic rings. The third-order valence-corrected chi connectivity index (χ3v) is 6.43. The smallest absolute Gasteiger partial charge is 0.261 e. The molecule has 0 aromatic heterocycles. The maximum absolute atomic E-state index is 13.8. The Morgan fingerprint density at radius 1 is 1.33 bits per heavy atom. The van der Waals surface area contributed by atoms with Gasteiger partial charge in [-0.1, -0.05) is 55.1 Å². The predicted molar refractivity (Wildman–Crippen MR) is 151 cm³/mol. The number of fused-ring (bicyclic) bond motifs is 1. The first-order valence-electron chi connectivity index (χ1n) is 12.1. The summed E-state index contributed by atoms with van der Waals surface area (Å²) in [5.41, 5.74) is 7.79. The molecule has 0 saturated heterocycles. The van der Waals surface area contributed by atoms with Crippen molar-refractivity contribution in [2.45, 2.75) is 53.1 Å². The Morgan fingerprint density at radius 2 is 2.00 bits per heavy atom. The van der Waals surface area contributed by atoms with Crippen molar-refractivity contribution in [1.29, 1.82) is 0 Å². The van der Waals surface area contributed by atoms with E-state index in [2.05, 4.69) is 52.8 Å². The highest BCUT2D eigenvalue weighted by atomic mass is 79.9. The number of carbonyl (C=O) groups excluding carboxylic acids is 1. The molecular weight excluding hydrogens is 523 g/mol. The Hall–Kier alpha value is -2.71. The van der Waals surface area contributed by atoms with Crippen LogP contribution >= 0.6 is 15.9 Å². The quantitative estimate of drug-likeness (QED) is 0.151. The molecule has 198 valence electrons. The normalized spacial score (nSPS) is 15.1. The number of rotatable bonds is 11. The van der Waals surface area contributed by atoms with Crippen molar-refractivity contribution < 1.29 is 13.9 Å². The van der Waals surface area contributed by atoms with E-state index in [0.29, 0.717) is 11.1 Å². The van der Waals surface area contributed by atoms with Crippen LogP contribution in [0.1, 0.15) is 56.5 Å². The molecule has 0 radical (unpaired) electrons. The van der Waals surface area contributed by atoms with E-state index < -0.39 is 0 Å². The number of allylic oxidation sites excluding steroid dienone is 5. The molecule has 0 fully saturated rings. The maximum atomic E-state index is 13.8. The van der Waals surface area contributed by atoms with Gasteiger partial charge >= 0.3 is 0 Å². The third kappa shape index (κ3) is 9.39. The third-order valence-electron chi connectivity index (χ3n) is 5.87. The number of amides is 1. The summed E-state index contributed by atoms with van der Waals surface area (Å²) in [5.74, 6) is 0.296. The van der Waals surface area contributed by atoms with Crippen LogP contribution in [-0.4, -0.2) is 54.5 Å². The molecule has 0 spiro atoms. The highest BCUT2D eigenvalue weighted by Crippen LogP contribution is 2.25. The molecule has 2 rings (SSSR count). The predicted octanol–water partition coefficient (Wildman–Crippen LogP) is 6.16. The molecule has 1 aromatic carbocycles. The summed E-state index contributed by atoms with van der Waals surface area (Å²) in [4.78, 5) is 20.5. The molecule has 1 aliphatic heterocycles. The fraction of sp³-hybridized carbons (Fsp3) is 0.429. The highest BCUT2D eigenvalue weighted by molar-refractivity contribution is 9.11. The molecule has 1 atom stereocenters. The number of hydrogen-bond acceptors (Lipinski definition) is 4. The summed E-state index contributed by atoms with van der Waals surface area (Å²) in [6.07, 6.45) is 7.26. The number of carbonyl (C=O) groups is 1. The average molecular weight is 564 g/mol. The van der Waals surface area contributed by atoms with Gasteiger partial charge < -0.3 is 15.4 Å². The lowest BCUT2D eigenvalue weighted by atomic mass is 10.1. The first-order valence-corrected chi connectivity index (χ1v) is 12.9. The molecule has 6 nitrogen and oxygen atoms in total. The Morgan fingerprint density at radius 3 is 2.53 bits per heavy atom. The largest absolute Gasteiger partial charge is 0.497 e. The van der Waals surface area contributed by atoms with Gasteiger partial charge in [0.2, 0.25) is 0 Å². The fourth-order valence-corrected chi connectivity index (χ4v) is 4.08. The maximum Gasteiger partial charge on any atom is 0.261 e. The zero-order valence-corrected chi connectivity index (χ0v) is 23.8. The monoisotopic (exact) mass is 562 g/mol. The van der Waals surface area contributed by atoms with Crippen LogP contribution in [-0.2, 0) is 11.3 Å². The second kappa shape index (κ2) is 16.1. The second-order valence-corrected chi connectivity index (χ2v) is 9.27. The van der Waals surface area contributed by atoms with Gasteiger partial charge in [0.05, 0.1) is 19.7 Å². The number of benzene rings is 1. The van der Waals surface area contributed by atoms with E-state index in [9.17, 15) is 9.18 Å². The Labute approximate surface area is 224 Å². The fourth-order valence-electron chi connectivity index (χ4n) is 3.73. The van der Waals surface area contributed by atoms with Crippen LogP contribution in [0.5, 0.6) is 0 Å². The minimum Gasteiger partial charge on any atom is -0.497 e. The average Bonchev–Trinajstić information content (AvgIpc) is 3.20. The molecule has 1 heterocycles. The van der Waals surface area contributed by atoms with Gasteiger partial charge in [-0.05, 0) is 76.2 Å². The van der Waals surface area contributed by atoms with Crippen molar-refractivity contribution in [3.63, 3.8) is 0 Å². The minimum atomic E-state index is -0.372. The lowest BCUT2D eigenvalue weighted by molar-refractivity contribution is 0.0864. The number of nitrogens with zero attached hydrogens (tertiary/aromatic N) is 3. The molecular formula is C28H40BrFN4O2. The number of hydrogen-bond donors (Lipinski definition) is 1. The molecule has 1 aliphatic rings. The summed E-state index contributed by atoms with van der Waals surface area (Å²) in [7, 11) is 1.62. The molecule has 8 heteroatoms. The zero-order valence-electron chi connectivity index (χ0n) is 22.2. The van der Waals surface area contributed by atoms with Crippen molar-refractivity contribution in [3.8, 4) is 0 Å². The summed E-state index contributed by atoms with van der Waals surface area (Å²) < 4.78 is 19.8. The van der Waals surface area contributed by atoms with Gasteiger partial charge in [0.25, 0.3) is 5.91 Å². The Kier molecular flexibility index (Phi) is 14.0. The van der Waals surface area contributed by atoms with E-state index in [-0.39, 0.29) is 30.3 Å². The van der Waals surface area contributed by atoms with Crippen LogP contribution < -0.4 is 5.73 Å². The van der Waals surface area contributed by atoms with Crippen molar-refractivity contribution in [2.75, 3.05) is 26.7 Å². The van der Waals surface area contributed by atoms with Crippen LogP contribution in [0.2, 0.25) is 0 Å². The number of ether oxygens (including phenoxy) is 1. The zero-order chi connectivity index (χ0) is 27.3. The van der Waals surface area contributed by atoms with Crippen LogP contribution in [0.3, 0.4) is 0 Å². The molecule has 2 N–H and O–H groups in total. The van der Waals surface area contributed by atoms with E-state index >= 15 is 0 Å². The number of nitrogens with two attached hydrogens (primary N) is 1. The molecule has 0 bridgehead atoms. The van der Waals surface area contributed by atoms with Gasteiger partial charge in [-0.2, -0.15) is 0 Å². The van der Waals surface area contributed by atoms with Crippen molar-refractivity contribution in [3.05, 3.63) is 82.3 Å². The molecule has 36 heavy (non-hydrogen) atoms. The van der Waals surface area contributed by atoms with Crippen LogP contribution in [0.15, 0.2) is 70.4 Å². The van der Waals surface area contributed by atoms with E-state index in [1.165, 1.54) is 11.0 Å². The van der Waals surface area contributed by atoms with Gasteiger partial charge in [-0.15, -0.1) is 0 Å². The van der Waals surface area contributed by atoms with Gasteiger partial charge in [-0.3, -0.25) is 9.69 Å². The topological polar surface area (TPSA) is 71.2 Å². The van der Waals surface area contributed by atoms with Crippen LogP contribution in [0.25, 0.3) is 0 Å². The Balaban J connectivity index is 0.000000457. The van der Waals surface area contributed by atoms with E-state index in [1.54, 1.807) is 31.4 Å². The number of halogens is 2. The molecule has 0 saturated carbocycles. The summed E-state index contributed by atoms with van der Waals surface area (Å²) >= 11 is 3.32. The number of guanidine groups is 1. The van der Waals surface area contributed by atoms with E-state index in [1.807, 2.05) is 19.9 Å². The lowest BCUT2D eigenvalue weighted by Crippen LogP contribution is -2.38. The minimum absolute atomic E-state index is 0.0296. The number of methoxy groups -OCH3 is 1. The van der Waals surface area contributed by atoms with Crippen LogP contribution in [0, 0.1) is 5.82 Å². The van der Waals surface area contributed by atoms with Gasteiger partial charge in [-0.25, -0.2) is 9.38 Å². The van der Waals surface area contributed by atoms with Gasteiger partial charge in [0.1, 0.15) is 11.6 Å². The van der Waals surface area contributed by atoms with E-state index in [0.717, 1.165) is 48.3 Å². The highest BCUT2D eigenvalue weighted by Gasteiger charge is 2.31. The second-order valence-electron chi connectivity index (χ2n) is 8.35.